The van der Waals surface area contributed by atoms with Crippen LogP contribution >= 0.6 is 11.3 Å². The SMILES string of the molecule is C[C@H](C(=O)Nc1sc2c(c1C(N)=O)CCC2)[NH+]1CCN(c2ccccc2)CC1. The number of para-hydroxylation sites is 1. The van der Waals surface area contributed by atoms with Crippen LogP contribution in [0.15, 0.2) is 30.3 Å². The molecule has 1 saturated heterocycles. The lowest BCUT2D eigenvalue weighted by molar-refractivity contribution is -0.914. The Morgan fingerprint density at radius 3 is 2.57 bits per heavy atom. The summed E-state index contributed by atoms with van der Waals surface area (Å²) in [5.74, 6) is -0.475. The number of rotatable bonds is 5. The Morgan fingerprint density at radius 1 is 1.18 bits per heavy atom. The van der Waals surface area contributed by atoms with E-state index in [1.807, 2.05) is 13.0 Å². The van der Waals surface area contributed by atoms with Crippen LogP contribution in [0.4, 0.5) is 10.7 Å². The zero-order chi connectivity index (χ0) is 19.7. The lowest BCUT2D eigenvalue weighted by Gasteiger charge is -2.36. The molecule has 4 N–H and O–H groups in total. The smallest absolute Gasteiger partial charge is 0.282 e. The lowest BCUT2D eigenvalue weighted by Crippen LogP contribution is -3.19. The molecule has 148 valence electrons. The van der Waals surface area contributed by atoms with Crippen LogP contribution in [0.1, 0.15) is 34.1 Å². The van der Waals surface area contributed by atoms with Gasteiger partial charge in [0.1, 0.15) is 5.00 Å². The molecule has 1 aromatic carbocycles. The maximum absolute atomic E-state index is 12.9. The second kappa shape index (κ2) is 7.93. The monoisotopic (exact) mass is 399 g/mol. The van der Waals surface area contributed by atoms with Gasteiger partial charge in [-0.25, -0.2) is 0 Å². The highest BCUT2D eigenvalue weighted by Crippen LogP contribution is 2.38. The number of quaternary nitrogens is 1. The molecule has 1 atom stereocenters. The van der Waals surface area contributed by atoms with E-state index in [4.69, 9.17) is 5.73 Å². The molecule has 6 nitrogen and oxygen atoms in total. The van der Waals surface area contributed by atoms with Crippen molar-refractivity contribution in [1.29, 1.82) is 0 Å². The van der Waals surface area contributed by atoms with Crippen LogP contribution in [-0.4, -0.2) is 44.0 Å². The second-order valence-electron chi connectivity index (χ2n) is 7.62. The average molecular weight is 400 g/mol. The Morgan fingerprint density at radius 2 is 1.89 bits per heavy atom. The number of piperazine rings is 1. The van der Waals surface area contributed by atoms with Crippen LogP contribution in [-0.2, 0) is 17.6 Å². The maximum Gasteiger partial charge on any atom is 0.282 e. The molecule has 7 heteroatoms. The van der Waals surface area contributed by atoms with Gasteiger partial charge in [-0.1, -0.05) is 18.2 Å². The number of hydrogen-bond donors (Lipinski definition) is 3. The molecule has 28 heavy (non-hydrogen) atoms. The van der Waals surface area contributed by atoms with E-state index in [0.29, 0.717) is 10.6 Å². The summed E-state index contributed by atoms with van der Waals surface area (Å²) in [7, 11) is 0. The molecule has 0 radical (unpaired) electrons. The minimum absolute atomic E-state index is 0.0365. The first kappa shape index (κ1) is 19.0. The minimum atomic E-state index is -0.439. The summed E-state index contributed by atoms with van der Waals surface area (Å²) >= 11 is 1.52. The fourth-order valence-corrected chi connectivity index (χ4v) is 5.58. The Hall–Kier alpha value is -2.38. The molecular formula is C21H27N4O2S+. The highest BCUT2D eigenvalue weighted by molar-refractivity contribution is 7.17. The fourth-order valence-electron chi connectivity index (χ4n) is 4.28. The van der Waals surface area contributed by atoms with Gasteiger partial charge in [0.15, 0.2) is 6.04 Å². The molecule has 1 aliphatic heterocycles. The van der Waals surface area contributed by atoms with E-state index in [2.05, 4.69) is 34.5 Å². The summed E-state index contributed by atoms with van der Waals surface area (Å²) in [5, 5.41) is 3.64. The molecule has 1 aromatic heterocycles. The van der Waals surface area contributed by atoms with Crippen LogP contribution < -0.4 is 20.9 Å². The highest BCUT2D eigenvalue weighted by Gasteiger charge is 2.32. The van der Waals surface area contributed by atoms with Crippen molar-refractivity contribution >= 4 is 33.8 Å². The standard InChI is InChI=1S/C21H26N4O2S/c1-14(24-10-12-25(13-11-24)15-6-3-2-4-7-15)20(27)23-21-18(19(22)26)16-8-5-9-17(16)28-21/h2-4,6-7,14H,5,8-13H2,1H3,(H2,22,26)(H,23,27)/p+1/t14-/m1/s1. The van der Waals surface area contributed by atoms with Crippen LogP contribution in [0.25, 0.3) is 0 Å². The molecule has 1 aliphatic carbocycles. The Bertz CT molecular complexity index is 872. The Balaban J connectivity index is 1.39. The number of benzene rings is 1. The largest absolute Gasteiger partial charge is 0.365 e. The van der Waals surface area contributed by atoms with Crippen molar-refractivity contribution in [2.45, 2.75) is 32.2 Å². The van der Waals surface area contributed by atoms with Crippen molar-refractivity contribution in [3.63, 3.8) is 0 Å². The minimum Gasteiger partial charge on any atom is -0.365 e. The summed E-state index contributed by atoms with van der Waals surface area (Å²) in [6.45, 7) is 5.64. The molecule has 0 bridgehead atoms. The van der Waals surface area contributed by atoms with E-state index in [0.717, 1.165) is 51.0 Å². The van der Waals surface area contributed by atoms with E-state index < -0.39 is 5.91 Å². The number of carbonyl (C=O) groups excluding carboxylic acids is 2. The number of hydrogen-bond acceptors (Lipinski definition) is 4. The van der Waals surface area contributed by atoms with Crippen molar-refractivity contribution in [1.82, 2.24) is 0 Å². The average Bonchev–Trinajstić information content (AvgIpc) is 3.28. The van der Waals surface area contributed by atoms with Gasteiger partial charge in [-0.05, 0) is 43.9 Å². The third-order valence-electron chi connectivity index (χ3n) is 5.94. The maximum atomic E-state index is 12.9. The summed E-state index contributed by atoms with van der Waals surface area (Å²) < 4.78 is 0. The number of fused-ring (bicyclic) bond motifs is 1. The zero-order valence-corrected chi connectivity index (χ0v) is 17.0. The lowest BCUT2D eigenvalue weighted by atomic mass is 10.1. The topological polar surface area (TPSA) is 79.9 Å². The van der Waals surface area contributed by atoms with E-state index in [1.54, 1.807) is 0 Å². The molecule has 2 aliphatic rings. The van der Waals surface area contributed by atoms with Crippen LogP contribution in [0, 0.1) is 0 Å². The zero-order valence-electron chi connectivity index (χ0n) is 16.2. The quantitative estimate of drug-likeness (QED) is 0.704. The van der Waals surface area contributed by atoms with Gasteiger partial charge in [0.05, 0.1) is 31.7 Å². The number of primary amides is 1. The molecule has 0 unspecified atom stereocenters. The van der Waals surface area contributed by atoms with Crippen molar-refractivity contribution in [3.05, 3.63) is 46.3 Å². The van der Waals surface area contributed by atoms with E-state index in [1.165, 1.54) is 26.8 Å². The number of nitrogens with zero attached hydrogens (tertiary/aromatic N) is 1. The van der Waals surface area contributed by atoms with Gasteiger partial charge >= 0.3 is 0 Å². The highest BCUT2D eigenvalue weighted by atomic mass is 32.1. The Kier molecular flexibility index (Phi) is 5.37. The van der Waals surface area contributed by atoms with Gasteiger partial charge in [0.25, 0.3) is 11.8 Å². The third-order valence-corrected chi connectivity index (χ3v) is 7.14. The van der Waals surface area contributed by atoms with E-state index in [9.17, 15) is 9.59 Å². The summed E-state index contributed by atoms with van der Waals surface area (Å²) in [6, 6.07) is 10.2. The number of amides is 2. The fraction of sp³-hybridized carbons (Fsp3) is 0.429. The predicted octanol–water partition coefficient (Wildman–Crippen LogP) is 1.07. The number of aryl methyl sites for hydroxylation is 1. The van der Waals surface area contributed by atoms with Gasteiger partial charge in [-0.15, -0.1) is 11.3 Å². The number of thiophene rings is 1. The molecule has 4 rings (SSSR count). The normalized spacial score (nSPS) is 18.0. The van der Waals surface area contributed by atoms with Gasteiger partial charge in [0, 0.05) is 10.6 Å². The van der Waals surface area contributed by atoms with Crippen molar-refractivity contribution in [3.8, 4) is 0 Å². The predicted molar refractivity (Wildman–Crippen MR) is 112 cm³/mol. The first-order valence-electron chi connectivity index (χ1n) is 9.94. The van der Waals surface area contributed by atoms with Gasteiger partial charge in [-0.3, -0.25) is 9.59 Å². The number of nitrogens with one attached hydrogen (secondary N) is 2. The molecule has 2 aromatic rings. The van der Waals surface area contributed by atoms with Crippen molar-refractivity contribution in [2.24, 2.45) is 5.73 Å². The van der Waals surface area contributed by atoms with Crippen molar-refractivity contribution in [2.75, 3.05) is 36.4 Å². The molecule has 2 amide bonds. The molecular weight excluding hydrogens is 372 g/mol. The van der Waals surface area contributed by atoms with E-state index >= 15 is 0 Å². The molecule has 0 spiro atoms. The molecule has 2 heterocycles. The number of anilines is 2. The summed E-state index contributed by atoms with van der Waals surface area (Å²) in [4.78, 5) is 29.6. The first-order valence-corrected chi connectivity index (χ1v) is 10.8. The van der Waals surface area contributed by atoms with Crippen LogP contribution in [0.5, 0.6) is 0 Å². The van der Waals surface area contributed by atoms with Crippen LogP contribution in [0.3, 0.4) is 0 Å². The molecule has 0 saturated carbocycles. The van der Waals surface area contributed by atoms with Crippen LogP contribution in [0.2, 0.25) is 0 Å². The second-order valence-corrected chi connectivity index (χ2v) is 8.72. The first-order chi connectivity index (χ1) is 13.5. The van der Waals surface area contributed by atoms with Gasteiger partial charge in [-0.2, -0.15) is 0 Å². The van der Waals surface area contributed by atoms with Gasteiger partial charge < -0.3 is 20.9 Å². The van der Waals surface area contributed by atoms with Crippen molar-refractivity contribution < 1.29 is 14.5 Å². The molecule has 1 fully saturated rings. The third kappa shape index (κ3) is 3.64. The summed E-state index contributed by atoms with van der Waals surface area (Å²) in [6.07, 6.45) is 2.91. The van der Waals surface area contributed by atoms with Gasteiger partial charge in [0.2, 0.25) is 0 Å². The van der Waals surface area contributed by atoms with E-state index in [-0.39, 0.29) is 11.9 Å². The summed E-state index contributed by atoms with van der Waals surface area (Å²) in [5.41, 5.74) is 8.41. The Labute approximate surface area is 169 Å². The number of carbonyl (C=O) groups is 2. The number of nitrogens with two attached hydrogens (primary N) is 1.